The summed E-state index contributed by atoms with van der Waals surface area (Å²) in [7, 11) is 0. The molecule has 0 aliphatic rings. The molecule has 1 atom stereocenters. The lowest BCUT2D eigenvalue weighted by Gasteiger charge is -2.14. The summed E-state index contributed by atoms with van der Waals surface area (Å²) in [6.45, 7) is 1.46. The first-order valence-corrected chi connectivity index (χ1v) is 6.84. The summed E-state index contributed by atoms with van der Waals surface area (Å²) in [5, 5.41) is -0.360. The van der Waals surface area contributed by atoms with E-state index in [1.54, 1.807) is 0 Å². The highest BCUT2D eigenvalue weighted by molar-refractivity contribution is 9.09. The van der Waals surface area contributed by atoms with Gasteiger partial charge in [-0.2, -0.15) is 0 Å². The molecule has 2 aromatic carbocycles. The predicted molar refractivity (Wildman–Crippen MR) is 73.2 cm³/mol. The van der Waals surface area contributed by atoms with E-state index in [1.165, 1.54) is 13.0 Å². The smallest absolute Gasteiger partial charge is 0.142 e. The van der Waals surface area contributed by atoms with Crippen molar-refractivity contribution >= 4 is 27.5 Å². The number of aryl methyl sites for hydroxylation is 1. The minimum atomic E-state index is -0.950. The van der Waals surface area contributed by atoms with Gasteiger partial charge in [0.05, 0.1) is 9.85 Å². The van der Waals surface area contributed by atoms with Gasteiger partial charge in [0.25, 0.3) is 0 Å². The lowest BCUT2D eigenvalue weighted by atomic mass is 10.0. The Morgan fingerprint density at radius 3 is 2.05 bits per heavy atom. The van der Waals surface area contributed by atoms with E-state index in [-0.39, 0.29) is 21.7 Å². The molecule has 0 N–H and O–H groups in total. The molecular formula is C14H8BrClF4. The van der Waals surface area contributed by atoms with Crippen LogP contribution in [0.2, 0.25) is 5.02 Å². The number of rotatable bonds is 2. The molecule has 6 heteroatoms. The zero-order valence-corrected chi connectivity index (χ0v) is 12.5. The van der Waals surface area contributed by atoms with Crippen LogP contribution in [0.4, 0.5) is 17.6 Å². The molecule has 0 nitrogen and oxygen atoms in total. The number of halogens is 6. The van der Waals surface area contributed by atoms with Crippen LogP contribution in [0.1, 0.15) is 21.5 Å². The fourth-order valence-electron chi connectivity index (χ4n) is 1.77. The van der Waals surface area contributed by atoms with E-state index in [2.05, 4.69) is 15.9 Å². The molecule has 0 spiro atoms. The molecule has 0 aliphatic heterocycles. The van der Waals surface area contributed by atoms with Crippen LogP contribution in [0.15, 0.2) is 24.3 Å². The van der Waals surface area contributed by atoms with Crippen molar-refractivity contribution in [2.75, 3.05) is 0 Å². The Balaban J connectivity index is 2.54. The van der Waals surface area contributed by atoms with E-state index in [9.17, 15) is 17.6 Å². The molecule has 0 fully saturated rings. The van der Waals surface area contributed by atoms with Gasteiger partial charge in [-0.15, -0.1) is 0 Å². The average Bonchev–Trinajstić information content (AvgIpc) is 2.37. The summed E-state index contributed by atoms with van der Waals surface area (Å²) in [5.74, 6) is -3.13. The number of hydrogen-bond donors (Lipinski definition) is 0. The zero-order valence-electron chi connectivity index (χ0n) is 10.2. The van der Waals surface area contributed by atoms with E-state index in [4.69, 9.17) is 11.6 Å². The van der Waals surface area contributed by atoms with Gasteiger partial charge >= 0.3 is 0 Å². The zero-order chi connectivity index (χ0) is 15.0. The molecule has 0 saturated heterocycles. The number of benzene rings is 2. The highest BCUT2D eigenvalue weighted by atomic mass is 79.9. The Hall–Kier alpha value is -1.07. The van der Waals surface area contributed by atoms with Gasteiger partial charge in [0, 0.05) is 17.2 Å². The third-order valence-corrected chi connectivity index (χ3v) is 4.14. The van der Waals surface area contributed by atoms with Crippen molar-refractivity contribution < 1.29 is 17.6 Å². The van der Waals surface area contributed by atoms with Gasteiger partial charge < -0.3 is 0 Å². The summed E-state index contributed by atoms with van der Waals surface area (Å²) in [6.07, 6.45) is 0. The SMILES string of the molecule is Cc1cc(C(Br)c2cc(F)c(Cl)cc2F)c(F)cc1F. The monoisotopic (exact) mass is 366 g/mol. The van der Waals surface area contributed by atoms with Crippen LogP contribution in [-0.4, -0.2) is 0 Å². The summed E-state index contributed by atoms with van der Waals surface area (Å²) >= 11 is 8.56. The van der Waals surface area contributed by atoms with Crippen LogP contribution in [0.3, 0.4) is 0 Å². The highest BCUT2D eigenvalue weighted by Crippen LogP contribution is 2.36. The standard InChI is InChI=1S/C14H8BrClF4/c1-6-2-7(12(19)5-10(6)17)14(15)8-3-13(20)9(16)4-11(8)18/h2-5,14H,1H3. The second-order valence-corrected chi connectivity index (χ2v) is 5.60. The number of hydrogen-bond acceptors (Lipinski definition) is 0. The molecule has 0 radical (unpaired) electrons. The minimum Gasteiger partial charge on any atom is -0.207 e. The Kier molecular flexibility index (Phi) is 4.39. The normalized spacial score (nSPS) is 12.6. The molecular weight excluding hydrogens is 360 g/mol. The highest BCUT2D eigenvalue weighted by Gasteiger charge is 2.21. The van der Waals surface area contributed by atoms with Crippen LogP contribution in [0.5, 0.6) is 0 Å². The molecule has 1 unspecified atom stereocenters. The van der Waals surface area contributed by atoms with E-state index < -0.39 is 28.1 Å². The van der Waals surface area contributed by atoms with E-state index >= 15 is 0 Å². The van der Waals surface area contributed by atoms with Crippen molar-refractivity contribution in [3.8, 4) is 0 Å². The molecule has 0 aromatic heterocycles. The molecule has 0 aliphatic carbocycles. The Bertz CT molecular complexity index is 615. The van der Waals surface area contributed by atoms with Gasteiger partial charge in [-0.05, 0) is 30.7 Å². The van der Waals surface area contributed by atoms with Crippen LogP contribution in [0.25, 0.3) is 0 Å². The van der Waals surface area contributed by atoms with Crippen molar-refractivity contribution in [2.45, 2.75) is 11.8 Å². The molecule has 0 amide bonds. The fraction of sp³-hybridized carbons (Fsp3) is 0.143. The van der Waals surface area contributed by atoms with Crippen molar-refractivity contribution in [2.24, 2.45) is 0 Å². The maximum Gasteiger partial charge on any atom is 0.142 e. The van der Waals surface area contributed by atoms with Gasteiger partial charge in [0.1, 0.15) is 23.3 Å². The molecule has 20 heavy (non-hydrogen) atoms. The Morgan fingerprint density at radius 1 is 0.850 bits per heavy atom. The summed E-state index contributed by atoms with van der Waals surface area (Å²) in [4.78, 5) is -0.950. The van der Waals surface area contributed by atoms with Gasteiger partial charge in [0.2, 0.25) is 0 Å². The maximum atomic E-state index is 13.8. The third-order valence-electron chi connectivity index (χ3n) is 2.86. The van der Waals surface area contributed by atoms with Crippen LogP contribution in [0, 0.1) is 30.2 Å². The first-order valence-electron chi connectivity index (χ1n) is 5.55. The maximum absolute atomic E-state index is 13.8. The van der Waals surface area contributed by atoms with Gasteiger partial charge in [0.15, 0.2) is 0 Å². The largest absolute Gasteiger partial charge is 0.207 e. The lowest BCUT2D eigenvalue weighted by Crippen LogP contribution is -2.02. The summed E-state index contributed by atoms with van der Waals surface area (Å²) < 4.78 is 54.2. The average molecular weight is 368 g/mol. The van der Waals surface area contributed by atoms with Crippen molar-refractivity contribution in [3.05, 3.63) is 69.2 Å². The third kappa shape index (κ3) is 2.83. The lowest BCUT2D eigenvalue weighted by molar-refractivity contribution is 0.563. The second kappa shape index (κ2) is 5.74. The summed E-state index contributed by atoms with van der Waals surface area (Å²) in [6, 6.07) is 3.66. The Labute approximate surface area is 126 Å². The van der Waals surface area contributed by atoms with E-state index in [1.807, 2.05) is 0 Å². The molecule has 2 rings (SSSR count). The van der Waals surface area contributed by atoms with Crippen molar-refractivity contribution in [1.82, 2.24) is 0 Å². The fourth-order valence-corrected chi connectivity index (χ4v) is 2.63. The Morgan fingerprint density at radius 2 is 1.40 bits per heavy atom. The van der Waals surface area contributed by atoms with Crippen LogP contribution < -0.4 is 0 Å². The topological polar surface area (TPSA) is 0 Å². The molecule has 2 aromatic rings. The van der Waals surface area contributed by atoms with Crippen molar-refractivity contribution in [3.63, 3.8) is 0 Å². The molecule has 106 valence electrons. The minimum absolute atomic E-state index is 0.0181. The van der Waals surface area contributed by atoms with Crippen molar-refractivity contribution in [1.29, 1.82) is 0 Å². The summed E-state index contributed by atoms with van der Waals surface area (Å²) in [5.41, 5.74) is 0.113. The van der Waals surface area contributed by atoms with Gasteiger partial charge in [-0.25, -0.2) is 17.6 Å². The van der Waals surface area contributed by atoms with E-state index in [0.29, 0.717) is 6.07 Å². The molecule has 0 saturated carbocycles. The molecule has 0 heterocycles. The molecule has 0 bridgehead atoms. The van der Waals surface area contributed by atoms with Gasteiger partial charge in [-0.1, -0.05) is 27.5 Å². The quantitative estimate of drug-likeness (QED) is 0.363. The first-order chi connectivity index (χ1) is 9.31. The van der Waals surface area contributed by atoms with Crippen LogP contribution >= 0.6 is 27.5 Å². The van der Waals surface area contributed by atoms with Crippen LogP contribution in [-0.2, 0) is 0 Å². The predicted octanol–water partition coefficient (Wildman–Crippen LogP) is 5.69. The van der Waals surface area contributed by atoms with E-state index in [0.717, 1.165) is 12.1 Å². The second-order valence-electron chi connectivity index (χ2n) is 4.27. The van der Waals surface area contributed by atoms with Gasteiger partial charge in [-0.3, -0.25) is 0 Å². The first kappa shape index (κ1) is 15.3. The number of alkyl halides is 1.